The van der Waals surface area contributed by atoms with Gasteiger partial charge in [-0.2, -0.15) is 4.98 Å². The van der Waals surface area contributed by atoms with Crippen LogP contribution in [0.4, 0.5) is 0 Å². The van der Waals surface area contributed by atoms with Gasteiger partial charge in [0.25, 0.3) is 5.91 Å². The molecule has 8 nitrogen and oxygen atoms in total. The zero-order valence-electron chi connectivity index (χ0n) is 15.7. The second-order valence-corrected chi connectivity index (χ2v) is 8.90. The zero-order chi connectivity index (χ0) is 19.7. The van der Waals surface area contributed by atoms with E-state index in [9.17, 15) is 13.2 Å². The van der Waals surface area contributed by atoms with Crippen molar-refractivity contribution in [1.29, 1.82) is 0 Å². The lowest BCUT2D eigenvalue weighted by atomic mass is 9.96. The molecule has 1 fully saturated rings. The van der Waals surface area contributed by atoms with Gasteiger partial charge in [0.2, 0.25) is 15.9 Å². The minimum Gasteiger partial charge on any atom is -0.340 e. The van der Waals surface area contributed by atoms with Crippen LogP contribution in [0.2, 0.25) is 0 Å². The van der Waals surface area contributed by atoms with E-state index in [0.29, 0.717) is 24.6 Å². The highest BCUT2D eigenvalue weighted by atomic mass is 32.2. The lowest BCUT2D eigenvalue weighted by molar-refractivity contribution is 0.0891. The molecule has 2 N–H and O–H groups in total. The third kappa shape index (κ3) is 4.19. The molecule has 0 saturated heterocycles. The van der Waals surface area contributed by atoms with E-state index < -0.39 is 15.6 Å². The normalized spacial score (nSPS) is 16.6. The Bertz CT molecular complexity index is 930. The Kier molecular flexibility index (Phi) is 5.34. The molecule has 1 heterocycles. The van der Waals surface area contributed by atoms with Crippen molar-refractivity contribution in [1.82, 2.24) is 20.2 Å². The smallest absolute Gasteiger partial charge is 0.252 e. The Morgan fingerprint density at radius 2 is 1.96 bits per heavy atom. The van der Waals surface area contributed by atoms with Crippen molar-refractivity contribution in [2.24, 2.45) is 0 Å². The number of nitrogens with one attached hydrogen (secondary N) is 2. The molecule has 146 valence electrons. The van der Waals surface area contributed by atoms with Gasteiger partial charge in [0.1, 0.15) is 5.54 Å². The summed E-state index contributed by atoms with van der Waals surface area (Å²) in [6.45, 7) is 5.19. The molecular formula is C18H24N4O4S. The van der Waals surface area contributed by atoms with Gasteiger partial charge in [-0.15, -0.1) is 0 Å². The standard InChI is InChI=1S/C18H24N4O4S/c1-12(2)22-27(24,25)15-8-6-7-14(11-15)16(23)20-18(9-4-5-10-18)17-19-13(3)26-21-17/h6-8,11-12,22H,4-5,9-10H2,1-3H3,(H,20,23). The van der Waals surface area contributed by atoms with Crippen molar-refractivity contribution in [3.05, 3.63) is 41.5 Å². The third-order valence-electron chi connectivity index (χ3n) is 4.56. The Balaban J connectivity index is 1.87. The van der Waals surface area contributed by atoms with Crippen LogP contribution < -0.4 is 10.0 Å². The van der Waals surface area contributed by atoms with Gasteiger partial charge in [-0.25, -0.2) is 13.1 Å². The summed E-state index contributed by atoms with van der Waals surface area (Å²) < 4.78 is 32.4. The highest BCUT2D eigenvalue weighted by Crippen LogP contribution is 2.37. The number of rotatable bonds is 6. The molecule has 1 saturated carbocycles. The predicted octanol–water partition coefficient (Wildman–Crippen LogP) is 2.26. The monoisotopic (exact) mass is 392 g/mol. The number of sulfonamides is 1. The average molecular weight is 392 g/mol. The molecule has 0 unspecified atom stereocenters. The molecule has 1 amide bonds. The number of hydrogen-bond donors (Lipinski definition) is 2. The number of hydrogen-bond acceptors (Lipinski definition) is 6. The van der Waals surface area contributed by atoms with Crippen molar-refractivity contribution in [2.75, 3.05) is 0 Å². The molecular weight excluding hydrogens is 368 g/mol. The molecule has 0 spiro atoms. The van der Waals surface area contributed by atoms with E-state index in [1.165, 1.54) is 12.1 Å². The fraction of sp³-hybridized carbons (Fsp3) is 0.500. The third-order valence-corrected chi connectivity index (χ3v) is 6.22. The second-order valence-electron chi connectivity index (χ2n) is 7.18. The maximum Gasteiger partial charge on any atom is 0.252 e. The van der Waals surface area contributed by atoms with Crippen LogP contribution in [0, 0.1) is 6.92 Å². The number of carbonyl (C=O) groups excluding carboxylic acids is 1. The molecule has 0 aliphatic heterocycles. The molecule has 1 aromatic heterocycles. The molecule has 3 rings (SSSR count). The first-order valence-corrected chi connectivity index (χ1v) is 10.5. The number of carbonyl (C=O) groups is 1. The fourth-order valence-corrected chi connectivity index (χ4v) is 4.65. The average Bonchev–Trinajstić information content (AvgIpc) is 3.24. The summed E-state index contributed by atoms with van der Waals surface area (Å²) in [7, 11) is -3.68. The summed E-state index contributed by atoms with van der Waals surface area (Å²) in [6.07, 6.45) is 3.32. The maximum absolute atomic E-state index is 12.9. The first kappa shape index (κ1) is 19.5. The van der Waals surface area contributed by atoms with E-state index >= 15 is 0 Å². The first-order valence-electron chi connectivity index (χ1n) is 8.98. The van der Waals surface area contributed by atoms with Gasteiger partial charge < -0.3 is 9.84 Å². The van der Waals surface area contributed by atoms with Gasteiger partial charge >= 0.3 is 0 Å². The number of nitrogens with zero attached hydrogens (tertiary/aromatic N) is 2. The lowest BCUT2D eigenvalue weighted by Gasteiger charge is -2.26. The van der Waals surface area contributed by atoms with Crippen LogP contribution in [0.3, 0.4) is 0 Å². The molecule has 0 atom stereocenters. The van der Waals surface area contributed by atoms with E-state index in [1.54, 1.807) is 32.9 Å². The van der Waals surface area contributed by atoms with Crippen molar-refractivity contribution >= 4 is 15.9 Å². The van der Waals surface area contributed by atoms with Crippen LogP contribution >= 0.6 is 0 Å². The minimum atomic E-state index is -3.68. The summed E-state index contributed by atoms with van der Waals surface area (Å²) >= 11 is 0. The van der Waals surface area contributed by atoms with Crippen LogP contribution in [0.5, 0.6) is 0 Å². The van der Waals surface area contributed by atoms with Crippen LogP contribution in [0.1, 0.15) is 61.6 Å². The van der Waals surface area contributed by atoms with Crippen molar-refractivity contribution in [2.45, 2.75) is 62.9 Å². The van der Waals surface area contributed by atoms with E-state index in [0.717, 1.165) is 12.8 Å². The van der Waals surface area contributed by atoms with Crippen LogP contribution in [0.15, 0.2) is 33.7 Å². The Morgan fingerprint density at radius 1 is 1.26 bits per heavy atom. The molecule has 0 radical (unpaired) electrons. The SMILES string of the molecule is Cc1nc(C2(NC(=O)c3cccc(S(=O)(=O)NC(C)C)c3)CCCC2)no1. The number of aryl methyl sites for hydroxylation is 1. The van der Waals surface area contributed by atoms with Gasteiger partial charge in [0, 0.05) is 18.5 Å². The quantitative estimate of drug-likeness (QED) is 0.779. The van der Waals surface area contributed by atoms with Gasteiger partial charge in [-0.1, -0.05) is 24.1 Å². The van der Waals surface area contributed by atoms with E-state index in [4.69, 9.17) is 4.52 Å². The Labute approximate surface area is 158 Å². The Morgan fingerprint density at radius 3 is 2.56 bits per heavy atom. The number of benzene rings is 1. The summed E-state index contributed by atoms with van der Waals surface area (Å²) in [4.78, 5) is 17.2. The van der Waals surface area contributed by atoms with Gasteiger partial charge in [0.05, 0.1) is 4.90 Å². The summed E-state index contributed by atoms with van der Waals surface area (Å²) in [5, 5.41) is 7.02. The highest BCUT2D eigenvalue weighted by Gasteiger charge is 2.41. The summed E-state index contributed by atoms with van der Waals surface area (Å²) in [6, 6.07) is 5.76. The van der Waals surface area contributed by atoms with Crippen LogP contribution in [-0.4, -0.2) is 30.5 Å². The predicted molar refractivity (Wildman–Crippen MR) is 98.5 cm³/mol. The van der Waals surface area contributed by atoms with E-state index in [-0.39, 0.29) is 22.4 Å². The van der Waals surface area contributed by atoms with Crippen molar-refractivity contribution in [3.8, 4) is 0 Å². The van der Waals surface area contributed by atoms with Crippen molar-refractivity contribution in [3.63, 3.8) is 0 Å². The number of amides is 1. The lowest BCUT2D eigenvalue weighted by Crippen LogP contribution is -2.44. The second kappa shape index (κ2) is 7.40. The summed E-state index contributed by atoms with van der Waals surface area (Å²) in [5.74, 6) is 0.551. The van der Waals surface area contributed by atoms with Gasteiger partial charge in [0.15, 0.2) is 5.82 Å². The van der Waals surface area contributed by atoms with Crippen molar-refractivity contribution < 1.29 is 17.7 Å². The first-order chi connectivity index (χ1) is 12.7. The molecule has 0 bridgehead atoms. The number of aromatic nitrogens is 2. The molecule has 2 aromatic rings. The van der Waals surface area contributed by atoms with Gasteiger partial charge in [-0.3, -0.25) is 4.79 Å². The Hall–Kier alpha value is -2.26. The molecule has 27 heavy (non-hydrogen) atoms. The highest BCUT2D eigenvalue weighted by molar-refractivity contribution is 7.89. The van der Waals surface area contributed by atoms with E-state index in [1.807, 2.05) is 0 Å². The van der Waals surface area contributed by atoms with Crippen LogP contribution in [0.25, 0.3) is 0 Å². The fourth-order valence-electron chi connectivity index (χ4n) is 3.35. The zero-order valence-corrected chi connectivity index (χ0v) is 16.5. The molecule has 1 aromatic carbocycles. The van der Waals surface area contributed by atoms with Gasteiger partial charge in [-0.05, 0) is 44.9 Å². The summed E-state index contributed by atoms with van der Waals surface area (Å²) in [5.41, 5.74) is -0.409. The molecule has 9 heteroatoms. The molecule has 1 aliphatic rings. The largest absolute Gasteiger partial charge is 0.340 e. The van der Waals surface area contributed by atoms with E-state index in [2.05, 4.69) is 20.2 Å². The molecule has 1 aliphatic carbocycles. The van der Waals surface area contributed by atoms with Crippen LogP contribution in [-0.2, 0) is 15.6 Å². The topological polar surface area (TPSA) is 114 Å². The maximum atomic E-state index is 12.9. The minimum absolute atomic E-state index is 0.0553.